The summed E-state index contributed by atoms with van der Waals surface area (Å²) in [6.45, 7) is 2.54. The van der Waals surface area contributed by atoms with Gasteiger partial charge in [-0.1, -0.05) is 78.7 Å². The zero-order valence-corrected chi connectivity index (χ0v) is 20.6. The highest BCUT2D eigenvalue weighted by Crippen LogP contribution is 2.19. The quantitative estimate of drug-likeness (QED) is 0.377. The molecule has 0 fully saturated rings. The molecule has 1 N–H and O–H groups in total. The third kappa shape index (κ3) is 7.79. The van der Waals surface area contributed by atoms with E-state index in [0.29, 0.717) is 28.8 Å². The van der Waals surface area contributed by atoms with Crippen molar-refractivity contribution < 1.29 is 14.3 Å². The van der Waals surface area contributed by atoms with Gasteiger partial charge >= 0.3 is 0 Å². The highest BCUT2D eigenvalue weighted by molar-refractivity contribution is 6.30. The molecular weight excluding hydrogens is 471 g/mol. The van der Waals surface area contributed by atoms with Crippen LogP contribution >= 0.6 is 23.2 Å². The summed E-state index contributed by atoms with van der Waals surface area (Å²) in [7, 11) is 0. The van der Waals surface area contributed by atoms with E-state index in [-0.39, 0.29) is 25.0 Å². The van der Waals surface area contributed by atoms with Crippen molar-refractivity contribution >= 4 is 35.0 Å². The van der Waals surface area contributed by atoms with Gasteiger partial charge in [-0.15, -0.1) is 0 Å². The summed E-state index contributed by atoms with van der Waals surface area (Å²) in [5.74, 6) is -0.0133. The van der Waals surface area contributed by atoms with E-state index in [9.17, 15) is 9.59 Å². The van der Waals surface area contributed by atoms with Crippen LogP contribution in [0.3, 0.4) is 0 Å². The third-order valence-corrected chi connectivity index (χ3v) is 5.73. The highest BCUT2D eigenvalue weighted by Gasteiger charge is 2.30. The number of amides is 2. The Balaban J connectivity index is 1.88. The Morgan fingerprint density at radius 2 is 1.65 bits per heavy atom. The molecule has 1 atom stereocenters. The Bertz CT molecular complexity index is 1070. The molecule has 34 heavy (non-hydrogen) atoms. The lowest BCUT2D eigenvalue weighted by Gasteiger charge is -2.31. The summed E-state index contributed by atoms with van der Waals surface area (Å²) in [5.41, 5.74) is 1.82. The number of carbonyl (C=O) groups excluding carboxylic acids is 2. The number of carbonyl (C=O) groups is 2. The van der Waals surface area contributed by atoms with Gasteiger partial charge in [-0.05, 0) is 47.9 Å². The van der Waals surface area contributed by atoms with Crippen LogP contribution in [-0.2, 0) is 22.6 Å². The monoisotopic (exact) mass is 498 g/mol. The van der Waals surface area contributed by atoms with Crippen LogP contribution in [-0.4, -0.2) is 35.9 Å². The van der Waals surface area contributed by atoms with E-state index < -0.39 is 6.04 Å². The van der Waals surface area contributed by atoms with Crippen molar-refractivity contribution in [3.8, 4) is 5.75 Å². The number of benzene rings is 3. The molecule has 0 aliphatic heterocycles. The molecule has 0 saturated carbocycles. The van der Waals surface area contributed by atoms with Crippen molar-refractivity contribution in [1.82, 2.24) is 10.2 Å². The first-order valence-corrected chi connectivity index (χ1v) is 12.0. The molecule has 0 spiro atoms. The second kappa shape index (κ2) is 13.0. The van der Waals surface area contributed by atoms with Crippen LogP contribution in [0.1, 0.15) is 24.5 Å². The van der Waals surface area contributed by atoms with Crippen LogP contribution in [0.25, 0.3) is 0 Å². The summed E-state index contributed by atoms with van der Waals surface area (Å²) in [6, 6.07) is 23.1. The van der Waals surface area contributed by atoms with E-state index in [4.69, 9.17) is 27.9 Å². The molecule has 0 unspecified atom stereocenters. The van der Waals surface area contributed by atoms with Crippen molar-refractivity contribution in [3.05, 3.63) is 100 Å². The molecule has 5 nitrogen and oxygen atoms in total. The van der Waals surface area contributed by atoms with E-state index in [1.54, 1.807) is 41.3 Å². The molecule has 3 rings (SSSR count). The van der Waals surface area contributed by atoms with Gasteiger partial charge in [0.05, 0.1) is 0 Å². The largest absolute Gasteiger partial charge is 0.484 e. The fourth-order valence-electron chi connectivity index (χ4n) is 3.49. The Morgan fingerprint density at radius 3 is 2.32 bits per heavy atom. The summed E-state index contributed by atoms with van der Waals surface area (Å²) in [4.78, 5) is 28.3. The molecule has 0 bridgehead atoms. The predicted molar refractivity (Wildman–Crippen MR) is 136 cm³/mol. The van der Waals surface area contributed by atoms with Crippen molar-refractivity contribution in [3.63, 3.8) is 0 Å². The second-order valence-corrected chi connectivity index (χ2v) is 8.76. The van der Waals surface area contributed by atoms with Crippen molar-refractivity contribution in [2.75, 3.05) is 13.2 Å². The van der Waals surface area contributed by atoms with Crippen LogP contribution < -0.4 is 10.1 Å². The van der Waals surface area contributed by atoms with Crippen LogP contribution in [0.5, 0.6) is 5.75 Å². The number of hydrogen-bond acceptors (Lipinski definition) is 3. The minimum atomic E-state index is -0.708. The first kappa shape index (κ1) is 25.6. The summed E-state index contributed by atoms with van der Waals surface area (Å²) >= 11 is 12.1. The maximum absolute atomic E-state index is 13.4. The van der Waals surface area contributed by atoms with Gasteiger partial charge in [-0.25, -0.2) is 0 Å². The maximum Gasteiger partial charge on any atom is 0.261 e. The summed E-state index contributed by atoms with van der Waals surface area (Å²) in [6.07, 6.45) is 1.18. The third-order valence-electron chi connectivity index (χ3n) is 5.24. The molecule has 7 heteroatoms. The molecule has 0 aromatic heterocycles. The maximum atomic E-state index is 13.4. The number of rotatable bonds is 11. The molecule has 0 aliphatic carbocycles. The predicted octanol–water partition coefficient (Wildman–Crippen LogP) is 5.54. The van der Waals surface area contributed by atoms with Crippen molar-refractivity contribution in [2.45, 2.75) is 32.4 Å². The van der Waals surface area contributed by atoms with Crippen LogP contribution in [0.15, 0.2) is 78.9 Å². The van der Waals surface area contributed by atoms with Gasteiger partial charge in [0.15, 0.2) is 6.61 Å². The van der Waals surface area contributed by atoms with E-state index in [0.717, 1.165) is 17.5 Å². The lowest BCUT2D eigenvalue weighted by molar-refractivity contribution is -0.142. The molecule has 178 valence electrons. The minimum Gasteiger partial charge on any atom is -0.484 e. The zero-order valence-electron chi connectivity index (χ0n) is 19.0. The van der Waals surface area contributed by atoms with Gasteiger partial charge in [0.25, 0.3) is 5.91 Å². The first-order valence-electron chi connectivity index (χ1n) is 11.2. The summed E-state index contributed by atoms with van der Waals surface area (Å²) in [5, 5.41) is 4.07. The van der Waals surface area contributed by atoms with Crippen LogP contribution in [0.4, 0.5) is 0 Å². The lowest BCUT2D eigenvalue weighted by atomic mass is 10.0. The van der Waals surface area contributed by atoms with Gasteiger partial charge in [-0.2, -0.15) is 0 Å². The van der Waals surface area contributed by atoms with E-state index >= 15 is 0 Å². The van der Waals surface area contributed by atoms with Gasteiger partial charge in [-0.3, -0.25) is 9.59 Å². The Morgan fingerprint density at radius 1 is 0.912 bits per heavy atom. The number of halogens is 2. The first-order chi connectivity index (χ1) is 16.5. The normalized spacial score (nSPS) is 11.5. The highest BCUT2D eigenvalue weighted by atomic mass is 35.5. The summed E-state index contributed by atoms with van der Waals surface area (Å²) < 4.78 is 5.72. The number of nitrogens with one attached hydrogen (secondary N) is 1. The van der Waals surface area contributed by atoms with Crippen molar-refractivity contribution in [1.29, 1.82) is 0 Å². The van der Waals surface area contributed by atoms with Crippen molar-refractivity contribution in [2.24, 2.45) is 0 Å². The Hall–Kier alpha value is -3.02. The van der Waals surface area contributed by atoms with Crippen LogP contribution in [0, 0.1) is 0 Å². The fourth-order valence-corrected chi connectivity index (χ4v) is 3.80. The van der Waals surface area contributed by atoms with E-state index in [1.165, 1.54) is 0 Å². The average Bonchev–Trinajstić information content (AvgIpc) is 2.85. The average molecular weight is 499 g/mol. The van der Waals surface area contributed by atoms with E-state index in [1.807, 2.05) is 49.4 Å². The molecule has 0 heterocycles. The van der Waals surface area contributed by atoms with Crippen LogP contribution in [0.2, 0.25) is 10.0 Å². The number of ether oxygens (including phenoxy) is 1. The Labute approximate surface area is 210 Å². The number of nitrogens with zero attached hydrogens (tertiary/aromatic N) is 1. The topological polar surface area (TPSA) is 58.6 Å². The molecular formula is C27H28Cl2N2O3. The van der Waals surface area contributed by atoms with Gasteiger partial charge in [0.2, 0.25) is 5.91 Å². The smallest absolute Gasteiger partial charge is 0.261 e. The fraction of sp³-hybridized carbons (Fsp3) is 0.259. The lowest BCUT2D eigenvalue weighted by Crippen LogP contribution is -2.51. The SMILES string of the molecule is CCCNC(=O)[C@@H](Cc1ccccc1)N(Cc1ccc(Cl)cc1)C(=O)COc1cccc(Cl)c1. The van der Waals surface area contributed by atoms with Gasteiger partial charge in [0.1, 0.15) is 11.8 Å². The molecule has 0 radical (unpaired) electrons. The van der Waals surface area contributed by atoms with E-state index in [2.05, 4.69) is 5.32 Å². The second-order valence-electron chi connectivity index (χ2n) is 7.89. The zero-order chi connectivity index (χ0) is 24.3. The van der Waals surface area contributed by atoms with Gasteiger partial charge < -0.3 is 15.0 Å². The van der Waals surface area contributed by atoms with Gasteiger partial charge in [0, 0.05) is 29.6 Å². The standard InChI is InChI=1S/C27H28Cl2N2O3/c1-2-15-30-27(33)25(16-20-7-4-3-5-8-20)31(18-21-11-13-22(28)14-12-21)26(32)19-34-24-10-6-9-23(29)17-24/h3-14,17,25H,2,15-16,18-19H2,1H3,(H,30,33)/t25-/m1/s1. The minimum absolute atomic E-state index is 0.198. The molecule has 0 saturated heterocycles. The molecule has 2 amide bonds. The molecule has 3 aromatic carbocycles. The Kier molecular flexibility index (Phi) is 9.80. The number of hydrogen-bond donors (Lipinski definition) is 1. The molecule has 0 aliphatic rings. The molecule has 3 aromatic rings.